The summed E-state index contributed by atoms with van der Waals surface area (Å²) in [4.78, 5) is 15.1. The summed E-state index contributed by atoms with van der Waals surface area (Å²) in [6.45, 7) is 9.25. The number of carbonyl (C=O) groups excluding carboxylic acids is 1. The molecule has 6 nitrogen and oxygen atoms in total. The molecule has 2 fully saturated rings. The first-order valence-electron chi connectivity index (χ1n) is 14.7. The minimum absolute atomic E-state index is 0.142. The zero-order valence-electron chi connectivity index (χ0n) is 24.0. The van der Waals surface area contributed by atoms with E-state index in [-0.39, 0.29) is 35.9 Å². The number of benzene rings is 2. The molecular weight excluding hydrogens is 503 g/mol. The van der Waals surface area contributed by atoms with Crippen LogP contribution in [0.2, 0.25) is 0 Å². The van der Waals surface area contributed by atoms with Crippen molar-refractivity contribution in [2.24, 2.45) is 5.92 Å². The van der Waals surface area contributed by atoms with Gasteiger partial charge in [-0.25, -0.2) is 4.39 Å². The first kappa shape index (κ1) is 28.5. The zero-order valence-corrected chi connectivity index (χ0v) is 24.0. The van der Waals surface area contributed by atoms with Gasteiger partial charge in [-0.05, 0) is 101 Å². The van der Waals surface area contributed by atoms with Crippen molar-refractivity contribution in [3.63, 3.8) is 0 Å². The lowest BCUT2D eigenvalue weighted by Gasteiger charge is -2.34. The molecule has 1 aliphatic heterocycles. The Morgan fingerprint density at radius 2 is 1.85 bits per heavy atom. The highest BCUT2D eigenvalue weighted by atomic mass is 19.1. The Morgan fingerprint density at radius 3 is 2.58 bits per heavy atom. The second kappa shape index (κ2) is 12.6. The van der Waals surface area contributed by atoms with Gasteiger partial charge in [-0.15, -0.1) is 0 Å². The molecule has 1 aromatic heterocycles. The molecule has 5 rings (SSSR count). The maximum atomic E-state index is 14.1. The smallest absolute Gasteiger partial charge is 0.320 e. The molecule has 0 amide bonds. The lowest BCUT2D eigenvalue weighted by molar-refractivity contribution is -0.148. The quantitative estimate of drug-likeness (QED) is 0.332. The van der Waals surface area contributed by atoms with Gasteiger partial charge in [0.1, 0.15) is 11.9 Å². The lowest BCUT2D eigenvalue weighted by atomic mass is 9.87. The van der Waals surface area contributed by atoms with Crippen molar-refractivity contribution in [2.75, 3.05) is 26.2 Å². The molecule has 2 aliphatic rings. The number of piperidine rings is 1. The van der Waals surface area contributed by atoms with Gasteiger partial charge in [-0.3, -0.25) is 9.89 Å². The van der Waals surface area contributed by atoms with E-state index >= 15 is 0 Å². The fourth-order valence-electron chi connectivity index (χ4n) is 6.32. The molecular formula is C33H43FN4O2. The zero-order chi connectivity index (χ0) is 28.1. The van der Waals surface area contributed by atoms with E-state index < -0.39 is 0 Å². The van der Waals surface area contributed by atoms with Crippen LogP contribution in [0.5, 0.6) is 0 Å². The molecule has 0 spiro atoms. The number of aromatic nitrogens is 2. The molecule has 2 heterocycles. The molecule has 0 bridgehead atoms. The van der Waals surface area contributed by atoms with Gasteiger partial charge in [-0.2, -0.15) is 5.10 Å². The number of hydrogen-bond acceptors (Lipinski definition) is 5. The number of nitrogens with one attached hydrogen (secondary N) is 2. The van der Waals surface area contributed by atoms with E-state index in [0.29, 0.717) is 11.8 Å². The predicted octanol–water partition coefficient (Wildman–Crippen LogP) is 5.81. The highest BCUT2D eigenvalue weighted by molar-refractivity contribution is 5.72. The molecule has 0 unspecified atom stereocenters. The third-order valence-electron chi connectivity index (χ3n) is 8.38. The molecule has 7 heteroatoms. The lowest BCUT2D eigenvalue weighted by Crippen LogP contribution is -2.40. The van der Waals surface area contributed by atoms with Crippen molar-refractivity contribution in [3.8, 4) is 0 Å². The third-order valence-corrected chi connectivity index (χ3v) is 8.38. The number of likely N-dealkylation sites (tertiary alicyclic amines) is 1. The summed E-state index contributed by atoms with van der Waals surface area (Å²) < 4.78 is 20.0. The van der Waals surface area contributed by atoms with Gasteiger partial charge in [0, 0.05) is 30.1 Å². The van der Waals surface area contributed by atoms with Crippen LogP contribution in [0, 0.1) is 11.7 Å². The fourth-order valence-corrected chi connectivity index (χ4v) is 6.32. The van der Waals surface area contributed by atoms with Gasteiger partial charge in [0.25, 0.3) is 0 Å². The van der Waals surface area contributed by atoms with Crippen LogP contribution in [0.4, 0.5) is 4.39 Å². The number of carbonyl (C=O) groups is 1. The molecule has 214 valence electrons. The summed E-state index contributed by atoms with van der Waals surface area (Å²) in [6.07, 6.45) is 4.42. The van der Waals surface area contributed by atoms with E-state index in [4.69, 9.17) is 4.74 Å². The van der Waals surface area contributed by atoms with Gasteiger partial charge in [0.05, 0.1) is 12.2 Å². The van der Waals surface area contributed by atoms with E-state index in [0.717, 1.165) is 63.0 Å². The highest BCUT2D eigenvalue weighted by Gasteiger charge is 2.39. The predicted molar refractivity (Wildman–Crippen MR) is 156 cm³/mol. The minimum atomic E-state index is -0.218. The van der Waals surface area contributed by atoms with Crippen LogP contribution in [0.25, 0.3) is 0 Å². The van der Waals surface area contributed by atoms with Crippen LogP contribution in [0.3, 0.4) is 0 Å². The van der Waals surface area contributed by atoms with Crippen LogP contribution in [0.15, 0.2) is 60.7 Å². The number of rotatable bonds is 9. The van der Waals surface area contributed by atoms with E-state index in [1.54, 1.807) is 12.1 Å². The Hall–Kier alpha value is -3.03. The second-order valence-electron chi connectivity index (χ2n) is 12.7. The third kappa shape index (κ3) is 7.79. The van der Waals surface area contributed by atoms with Gasteiger partial charge >= 0.3 is 5.97 Å². The van der Waals surface area contributed by atoms with E-state index in [1.165, 1.54) is 17.3 Å². The SMILES string of the molecule is CC(C)(C)NCC(=O)O[C@H]1C[C@H](CN2CCC(c3cc(Cc4ccccc4)[nH]n3)CC2)[C@@H](c2cccc(F)c2)C1. The Bertz CT molecular complexity index is 1250. The number of ether oxygens (including phenoxy) is 1. The average Bonchev–Trinajstić information content (AvgIpc) is 3.55. The second-order valence-corrected chi connectivity index (χ2v) is 12.7. The number of H-pyrrole nitrogens is 1. The van der Waals surface area contributed by atoms with Crippen molar-refractivity contribution in [1.82, 2.24) is 20.4 Å². The van der Waals surface area contributed by atoms with Crippen molar-refractivity contribution in [2.45, 2.75) is 76.4 Å². The largest absolute Gasteiger partial charge is 0.461 e. The monoisotopic (exact) mass is 546 g/mol. The molecule has 1 saturated heterocycles. The maximum Gasteiger partial charge on any atom is 0.320 e. The number of hydrogen-bond donors (Lipinski definition) is 2. The summed E-state index contributed by atoms with van der Waals surface area (Å²) in [5.74, 6) is 0.523. The number of nitrogens with zero attached hydrogens (tertiary/aromatic N) is 2. The Morgan fingerprint density at radius 1 is 1.07 bits per heavy atom. The fraction of sp³-hybridized carbons (Fsp3) is 0.515. The average molecular weight is 547 g/mol. The summed E-state index contributed by atoms with van der Waals surface area (Å²) in [6, 6.07) is 19.7. The van der Waals surface area contributed by atoms with E-state index in [2.05, 4.69) is 50.7 Å². The van der Waals surface area contributed by atoms with Gasteiger partial charge < -0.3 is 15.0 Å². The summed E-state index contributed by atoms with van der Waals surface area (Å²) in [7, 11) is 0. The van der Waals surface area contributed by atoms with Crippen molar-refractivity contribution in [3.05, 3.63) is 89.0 Å². The molecule has 1 saturated carbocycles. The van der Waals surface area contributed by atoms with Gasteiger partial charge in [0.15, 0.2) is 0 Å². The van der Waals surface area contributed by atoms with Crippen molar-refractivity contribution in [1.29, 1.82) is 0 Å². The van der Waals surface area contributed by atoms with Crippen molar-refractivity contribution >= 4 is 5.97 Å². The normalized spacial score (nSPS) is 22.4. The summed E-state index contributed by atoms with van der Waals surface area (Å²) in [5, 5.41) is 11.1. The standard InChI is InChI=1S/C33H43FN4O2/c1-33(2,3)35-21-32(39)40-29-18-26(30(20-29)25-10-7-11-27(34)17-25)22-38-14-12-24(13-15-38)31-19-28(36-37-31)16-23-8-5-4-6-9-23/h4-11,17,19,24,26,29-30,35H,12-16,18,20-22H2,1-3H3,(H,36,37)/t26-,29+,30-/m1/s1. The van der Waals surface area contributed by atoms with E-state index in [1.807, 2.05) is 32.9 Å². The number of halogens is 1. The Kier molecular flexibility index (Phi) is 9.01. The van der Waals surface area contributed by atoms with E-state index in [9.17, 15) is 9.18 Å². The Balaban J connectivity index is 1.17. The molecule has 1 aliphatic carbocycles. The van der Waals surface area contributed by atoms with Crippen LogP contribution < -0.4 is 5.32 Å². The molecule has 2 N–H and O–H groups in total. The van der Waals surface area contributed by atoms with Crippen LogP contribution in [-0.2, 0) is 16.0 Å². The minimum Gasteiger partial charge on any atom is -0.461 e. The molecule has 2 aromatic carbocycles. The van der Waals surface area contributed by atoms with Gasteiger partial charge in [-0.1, -0.05) is 42.5 Å². The highest BCUT2D eigenvalue weighted by Crippen LogP contribution is 2.42. The van der Waals surface area contributed by atoms with Crippen LogP contribution in [-0.4, -0.2) is 58.9 Å². The first-order chi connectivity index (χ1) is 19.2. The van der Waals surface area contributed by atoms with Gasteiger partial charge in [0.2, 0.25) is 0 Å². The number of aromatic amines is 1. The van der Waals surface area contributed by atoms with Crippen LogP contribution >= 0.6 is 0 Å². The summed E-state index contributed by atoms with van der Waals surface area (Å²) in [5.41, 5.74) is 4.47. The molecule has 0 radical (unpaired) electrons. The number of esters is 1. The van der Waals surface area contributed by atoms with Crippen molar-refractivity contribution < 1.29 is 13.9 Å². The molecule has 3 atom stereocenters. The maximum absolute atomic E-state index is 14.1. The topological polar surface area (TPSA) is 70.2 Å². The first-order valence-corrected chi connectivity index (χ1v) is 14.7. The summed E-state index contributed by atoms with van der Waals surface area (Å²) >= 11 is 0. The van der Waals surface area contributed by atoms with Crippen LogP contribution in [0.1, 0.15) is 80.8 Å². The molecule has 3 aromatic rings. The molecule has 40 heavy (non-hydrogen) atoms. The Labute approximate surface area is 237 Å².